The fourth-order valence-electron chi connectivity index (χ4n) is 4.52. The van der Waals surface area contributed by atoms with Crippen molar-refractivity contribution in [1.82, 2.24) is 9.97 Å². The third-order valence-corrected chi connectivity index (χ3v) is 11.9. The SMILES string of the molecule is COc1ccc(COc2nc(SC)ncc2CO[Si](c2ccccc2)(c2ccccc2)C(C)(C)C)cc1. The third kappa shape index (κ3) is 6.06. The van der Waals surface area contributed by atoms with E-state index in [-0.39, 0.29) is 5.04 Å². The number of thioether (sulfide) groups is 1. The highest BCUT2D eigenvalue weighted by molar-refractivity contribution is 7.98. The van der Waals surface area contributed by atoms with Crippen molar-refractivity contribution >= 4 is 30.5 Å². The lowest BCUT2D eigenvalue weighted by molar-refractivity contribution is 0.254. The normalized spacial score (nSPS) is 11.8. The van der Waals surface area contributed by atoms with Crippen LogP contribution in [0.4, 0.5) is 0 Å². The third-order valence-electron chi connectivity index (χ3n) is 6.38. The second-order valence-electron chi connectivity index (χ2n) is 9.78. The zero-order valence-electron chi connectivity index (χ0n) is 22.1. The van der Waals surface area contributed by atoms with Crippen LogP contribution in [-0.4, -0.2) is 31.7 Å². The van der Waals surface area contributed by atoms with Crippen LogP contribution in [0.5, 0.6) is 11.6 Å². The molecular weight excluding hydrogens is 496 g/mol. The van der Waals surface area contributed by atoms with Gasteiger partial charge < -0.3 is 13.9 Å². The number of benzene rings is 3. The minimum atomic E-state index is -2.70. The van der Waals surface area contributed by atoms with Crippen molar-refractivity contribution in [3.63, 3.8) is 0 Å². The summed E-state index contributed by atoms with van der Waals surface area (Å²) in [4.78, 5) is 9.22. The van der Waals surface area contributed by atoms with Crippen LogP contribution in [0.15, 0.2) is 96.3 Å². The number of ether oxygens (including phenoxy) is 2. The van der Waals surface area contributed by atoms with Crippen molar-refractivity contribution in [3.05, 3.63) is 102 Å². The minimum absolute atomic E-state index is 0.125. The van der Waals surface area contributed by atoms with Crippen molar-refractivity contribution in [1.29, 1.82) is 0 Å². The Morgan fingerprint density at radius 2 is 1.41 bits per heavy atom. The van der Waals surface area contributed by atoms with Gasteiger partial charge in [-0.2, -0.15) is 4.98 Å². The Balaban J connectivity index is 1.68. The van der Waals surface area contributed by atoms with Gasteiger partial charge in [-0.15, -0.1) is 0 Å². The Morgan fingerprint density at radius 3 is 1.92 bits per heavy atom. The molecule has 0 aliphatic heterocycles. The van der Waals surface area contributed by atoms with Crippen molar-refractivity contribution < 1.29 is 13.9 Å². The molecule has 4 aromatic rings. The van der Waals surface area contributed by atoms with Crippen molar-refractivity contribution in [2.45, 2.75) is 44.2 Å². The van der Waals surface area contributed by atoms with E-state index in [1.54, 1.807) is 7.11 Å². The van der Waals surface area contributed by atoms with Crippen LogP contribution in [0.1, 0.15) is 31.9 Å². The van der Waals surface area contributed by atoms with Gasteiger partial charge in [0, 0.05) is 6.20 Å². The molecule has 192 valence electrons. The van der Waals surface area contributed by atoms with Gasteiger partial charge >= 0.3 is 0 Å². The highest BCUT2D eigenvalue weighted by Crippen LogP contribution is 2.37. The van der Waals surface area contributed by atoms with Crippen LogP contribution in [0.3, 0.4) is 0 Å². The largest absolute Gasteiger partial charge is 0.497 e. The van der Waals surface area contributed by atoms with Gasteiger partial charge in [-0.1, -0.05) is 105 Å². The highest BCUT2D eigenvalue weighted by Gasteiger charge is 2.50. The first-order valence-corrected chi connectivity index (χ1v) is 15.4. The molecule has 0 amide bonds. The summed E-state index contributed by atoms with van der Waals surface area (Å²) in [6.07, 6.45) is 3.79. The van der Waals surface area contributed by atoms with E-state index < -0.39 is 8.32 Å². The van der Waals surface area contributed by atoms with E-state index in [1.165, 1.54) is 22.1 Å². The smallest absolute Gasteiger partial charge is 0.261 e. The Kier molecular flexibility index (Phi) is 8.69. The molecule has 4 rings (SSSR count). The first-order valence-electron chi connectivity index (χ1n) is 12.3. The summed E-state index contributed by atoms with van der Waals surface area (Å²) in [7, 11) is -1.04. The average Bonchev–Trinajstić information content (AvgIpc) is 2.93. The molecule has 0 unspecified atom stereocenters. The van der Waals surface area contributed by atoms with Crippen LogP contribution in [0.2, 0.25) is 5.04 Å². The lowest BCUT2D eigenvalue weighted by atomic mass is 10.2. The predicted molar refractivity (Wildman–Crippen MR) is 154 cm³/mol. The second-order valence-corrected chi connectivity index (χ2v) is 14.9. The maximum absolute atomic E-state index is 7.10. The van der Waals surface area contributed by atoms with Crippen LogP contribution < -0.4 is 19.8 Å². The molecule has 0 aliphatic carbocycles. The molecule has 0 atom stereocenters. The number of methoxy groups -OCH3 is 1. The quantitative estimate of drug-likeness (QED) is 0.145. The summed E-state index contributed by atoms with van der Waals surface area (Å²) < 4.78 is 18.6. The summed E-state index contributed by atoms with van der Waals surface area (Å²) in [6.45, 7) is 7.55. The maximum Gasteiger partial charge on any atom is 0.261 e. The minimum Gasteiger partial charge on any atom is -0.497 e. The molecule has 0 radical (unpaired) electrons. The number of rotatable bonds is 10. The molecule has 5 nitrogen and oxygen atoms in total. The summed E-state index contributed by atoms with van der Waals surface area (Å²) in [5, 5.41) is 3.01. The number of hydrogen-bond acceptors (Lipinski definition) is 6. The summed E-state index contributed by atoms with van der Waals surface area (Å²) >= 11 is 1.49. The molecule has 0 N–H and O–H groups in total. The first kappa shape index (κ1) is 26.9. The molecule has 0 spiro atoms. The predicted octanol–water partition coefficient (Wildman–Crippen LogP) is 5.86. The van der Waals surface area contributed by atoms with Gasteiger partial charge in [0.25, 0.3) is 8.32 Å². The Morgan fingerprint density at radius 1 is 0.811 bits per heavy atom. The van der Waals surface area contributed by atoms with Crippen LogP contribution in [0, 0.1) is 0 Å². The van der Waals surface area contributed by atoms with Gasteiger partial charge in [-0.3, -0.25) is 0 Å². The van der Waals surface area contributed by atoms with Gasteiger partial charge in [0.05, 0.1) is 19.3 Å². The maximum atomic E-state index is 7.10. The summed E-state index contributed by atoms with van der Waals surface area (Å²) in [6, 6.07) is 29.1. The van der Waals surface area contributed by atoms with Gasteiger partial charge in [-0.05, 0) is 39.4 Å². The van der Waals surface area contributed by atoms with E-state index in [4.69, 9.17) is 13.9 Å². The molecule has 0 aliphatic rings. The number of aromatic nitrogens is 2. The molecule has 3 aromatic carbocycles. The van der Waals surface area contributed by atoms with Crippen LogP contribution in [-0.2, 0) is 17.6 Å². The van der Waals surface area contributed by atoms with E-state index in [0.29, 0.717) is 24.3 Å². The molecular formula is C30H34N2O3SSi. The fourth-order valence-corrected chi connectivity index (χ4v) is 9.38. The van der Waals surface area contributed by atoms with Gasteiger partial charge in [0.2, 0.25) is 5.88 Å². The lowest BCUT2D eigenvalue weighted by Gasteiger charge is -2.43. The second kappa shape index (κ2) is 11.9. The monoisotopic (exact) mass is 530 g/mol. The average molecular weight is 531 g/mol. The Hall–Kier alpha value is -3.13. The van der Waals surface area contributed by atoms with Crippen molar-refractivity contribution in [2.24, 2.45) is 0 Å². The van der Waals surface area contributed by atoms with Crippen molar-refractivity contribution in [3.8, 4) is 11.6 Å². The fraction of sp³-hybridized carbons (Fsp3) is 0.267. The molecule has 0 fully saturated rings. The topological polar surface area (TPSA) is 53.5 Å². The molecule has 0 bridgehead atoms. The molecule has 0 saturated carbocycles. The number of hydrogen-bond donors (Lipinski definition) is 0. The Labute approximate surface area is 225 Å². The van der Waals surface area contributed by atoms with E-state index in [1.807, 2.05) is 36.7 Å². The Bertz CT molecular complexity index is 1240. The van der Waals surface area contributed by atoms with Crippen molar-refractivity contribution in [2.75, 3.05) is 13.4 Å². The molecule has 0 saturated heterocycles. The molecule has 1 heterocycles. The van der Waals surface area contributed by atoms with E-state index >= 15 is 0 Å². The number of nitrogens with zero attached hydrogens (tertiary/aromatic N) is 2. The zero-order valence-corrected chi connectivity index (χ0v) is 23.9. The lowest BCUT2D eigenvalue weighted by Crippen LogP contribution is -2.66. The van der Waals surface area contributed by atoms with Gasteiger partial charge in [0.15, 0.2) is 5.16 Å². The van der Waals surface area contributed by atoms with E-state index in [2.05, 4.69) is 91.4 Å². The van der Waals surface area contributed by atoms with Gasteiger partial charge in [0.1, 0.15) is 12.4 Å². The van der Waals surface area contributed by atoms with E-state index in [0.717, 1.165) is 16.9 Å². The van der Waals surface area contributed by atoms with Crippen LogP contribution in [0.25, 0.3) is 0 Å². The molecule has 37 heavy (non-hydrogen) atoms. The summed E-state index contributed by atoms with van der Waals surface area (Å²) in [5.41, 5.74) is 1.86. The standard InChI is InChI=1S/C30H34N2O3SSi/c1-30(2,3)37(26-12-8-6-9-13-26,27-14-10-7-11-15-27)35-22-24-20-31-29(36-5)32-28(24)34-21-23-16-18-25(33-4)19-17-23/h6-20H,21-22H2,1-5H3. The summed E-state index contributed by atoms with van der Waals surface area (Å²) in [5.74, 6) is 1.36. The molecule has 7 heteroatoms. The van der Waals surface area contributed by atoms with E-state index in [9.17, 15) is 0 Å². The highest BCUT2D eigenvalue weighted by atomic mass is 32.2. The zero-order chi connectivity index (χ0) is 26.3. The molecule has 1 aromatic heterocycles. The van der Waals surface area contributed by atoms with Gasteiger partial charge in [-0.25, -0.2) is 4.98 Å². The first-order chi connectivity index (χ1) is 17.9. The van der Waals surface area contributed by atoms with Crippen LogP contribution >= 0.6 is 11.8 Å².